The Balaban J connectivity index is 2.19. The van der Waals surface area contributed by atoms with Crippen LogP contribution in [0.1, 0.15) is 39.5 Å². The molecule has 1 saturated heterocycles. The van der Waals surface area contributed by atoms with Gasteiger partial charge in [-0.05, 0) is 18.8 Å². The Bertz CT molecular complexity index is 172. The lowest BCUT2D eigenvalue weighted by molar-refractivity contribution is 0.206. The average molecular weight is 198 g/mol. The third-order valence-corrected chi connectivity index (χ3v) is 3.09. The lowest BCUT2D eigenvalue weighted by Gasteiger charge is -2.19. The molecule has 3 nitrogen and oxygen atoms in total. The zero-order chi connectivity index (χ0) is 10.4. The van der Waals surface area contributed by atoms with Gasteiger partial charge in [0, 0.05) is 19.6 Å². The van der Waals surface area contributed by atoms with E-state index in [0.717, 1.165) is 32.5 Å². The summed E-state index contributed by atoms with van der Waals surface area (Å²) in [4.78, 5) is 13.5. The summed E-state index contributed by atoms with van der Waals surface area (Å²) in [6, 6.07) is 0.134. The highest BCUT2D eigenvalue weighted by Gasteiger charge is 2.17. The third kappa shape index (κ3) is 3.20. The van der Waals surface area contributed by atoms with Gasteiger partial charge < -0.3 is 10.2 Å². The number of hydrogen-bond acceptors (Lipinski definition) is 1. The summed E-state index contributed by atoms with van der Waals surface area (Å²) in [6.07, 6.45) is 4.63. The molecule has 1 N–H and O–H groups in total. The second kappa shape index (κ2) is 5.89. The maximum atomic E-state index is 11.6. The first-order chi connectivity index (χ1) is 6.77. The summed E-state index contributed by atoms with van der Waals surface area (Å²) in [5.74, 6) is 0.640. The number of hydrogen-bond donors (Lipinski definition) is 1. The van der Waals surface area contributed by atoms with Gasteiger partial charge in [-0.2, -0.15) is 0 Å². The molecule has 82 valence electrons. The molecular formula is C11H22N2O. The van der Waals surface area contributed by atoms with E-state index in [1.54, 1.807) is 0 Å². The minimum absolute atomic E-state index is 0.134. The SMILES string of the molecule is CCC(CC)CNC(=O)N1CCCC1. The number of amides is 2. The highest BCUT2D eigenvalue weighted by molar-refractivity contribution is 5.74. The van der Waals surface area contributed by atoms with E-state index in [1.807, 2.05) is 4.90 Å². The molecule has 14 heavy (non-hydrogen) atoms. The van der Waals surface area contributed by atoms with Crippen LogP contribution >= 0.6 is 0 Å². The monoisotopic (exact) mass is 198 g/mol. The molecule has 0 aliphatic carbocycles. The topological polar surface area (TPSA) is 32.3 Å². The van der Waals surface area contributed by atoms with Gasteiger partial charge in [0.2, 0.25) is 0 Å². The van der Waals surface area contributed by atoms with Crippen LogP contribution in [0.5, 0.6) is 0 Å². The first kappa shape index (κ1) is 11.3. The third-order valence-electron chi connectivity index (χ3n) is 3.09. The van der Waals surface area contributed by atoms with Crippen LogP contribution in [0.15, 0.2) is 0 Å². The first-order valence-corrected chi connectivity index (χ1v) is 5.80. The minimum atomic E-state index is 0.134. The van der Waals surface area contributed by atoms with Gasteiger partial charge in [-0.15, -0.1) is 0 Å². The van der Waals surface area contributed by atoms with Crippen LogP contribution in [0.25, 0.3) is 0 Å². The number of carbonyl (C=O) groups excluding carboxylic acids is 1. The molecule has 1 heterocycles. The zero-order valence-electron chi connectivity index (χ0n) is 9.38. The molecule has 0 saturated carbocycles. The summed E-state index contributed by atoms with van der Waals surface area (Å²) in [7, 11) is 0. The molecule has 0 spiro atoms. The first-order valence-electron chi connectivity index (χ1n) is 5.80. The van der Waals surface area contributed by atoms with E-state index in [2.05, 4.69) is 19.2 Å². The van der Waals surface area contributed by atoms with Crippen molar-refractivity contribution in [1.82, 2.24) is 10.2 Å². The Morgan fingerprint density at radius 3 is 2.36 bits per heavy atom. The van der Waals surface area contributed by atoms with Gasteiger partial charge >= 0.3 is 6.03 Å². The van der Waals surface area contributed by atoms with Gasteiger partial charge in [0.25, 0.3) is 0 Å². The van der Waals surface area contributed by atoms with Crippen molar-refractivity contribution < 1.29 is 4.79 Å². The van der Waals surface area contributed by atoms with Crippen LogP contribution in [0.4, 0.5) is 4.79 Å². The second-order valence-electron chi connectivity index (χ2n) is 4.06. The fourth-order valence-electron chi connectivity index (χ4n) is 1.84. The van der Waals surface area contributed by atoms with E-state index < -0.39 is 0 Å². The van der Waals surface area contributed by atoms with Crippen molar-refractivity contribution in [2.75, 3.05) is 19.6 Å². The normalized spacial score (nSPS) is 16.4. The highest BCUT2D eigenvalue weighted by atomic mass is 16.2. The van der Waals surface area contributed by atoms with Crippen molar-refractivity contribution in [3.63, 3.8) is 0 Å². The van der Waals surface area contributed by atoms with Crippen LogP contribution in [0.3, 0.4) is 0 Å². The smallest absolute Gasteiger partial charge is 0.317 e. The molecule has 1 aliphatic rings. The van der Waals surface area contributed by atoms with Gasteiger partial charge in [0.05, 0.1) is 0 Å². The maximum absolute atomic E-state index is 11.6. The van der Waals surface area contributed by atoms with E-state index in [1.165, 1.54) is 12.8 Å². The number of nitrogens with one attached hydrogen (secondary N) is 1. The molecule has 2 amide bonds. The van der Waals surface area contributed by atoms with Crippen molar-refractivity contribution in [2.45, 2.75) is 39.5 Å². The summed E-state index contributed by atoms with van der Waals surface area (Å²) in [5, 5.41) is 3.01. The minimum Gasteiger partial charge on any atom is -0.338 e. The van der Waals surface area contributed by atoms with E-state index in [0.29, 0.717) is 5.92 Å². The van der Waals surface area contributed by atoms with Crippen molar-refractivity contribution in [3.8, 4) is 0 Å². The number of rotatable bonds is 4. The summed E-state index contributed by atoms with van der Waals surface area (Å²) >= 11 is 0. The standard InChI is InChI=1S/C11H22N2O/c1-3-10(4-2)9-12-11(14)13-7-5-6-8-13/h10H,3-9H2,1-2H3,(H,12,14). The molecule has 0 unspecified atom stereocenters. The van der Waals surface area contributed by atoms with Gasteiger partial charge in [0.15, 0.2) is 0 Å². The van der Waals surface area contributed by atoms with Crippen molar-refractivity contribution >= 4 is 6.03 Å². The lowest BCUT2D eigenvalue weighted by Crippen LogP contribution is -2.40. The summed E-state index contributed by atoms with van der Waals surface area (Å²) in [6.45, 7) is 7.07. The number of nitrogens with zero attached hydrogens (tertiary/aromatic N) is 1. The Labute approximate surface area is 86.9 Å². The fraction of sp³-hybridized carbons (Fsp3) is 0.909. The molecule has 0 aromatic rings. The van der Waals surface area contributed by atoms with Crippen LogP contribution < -0.4 is 5.32 Å². The Morgan fingerprint density at radius 2 is 1.86 bits per heavy atom. The molecule has 1 rings (SSSR count). The van der Waals surface area contributed by atoms with Crippen molar-refractivity contribution in [2.24, 2.45) is 5.92 Å². The predicted molar refractivity (Wildman–Crippen MR) is 58.3 cm³/mol. The van der Waals surface area contributed by atoms with Crippen molar-refractivity contribution in [3.05, 3.63) is 0 Å². The van der Waals surface area contributed by atoms with Gasteiger partial charge in [-0.3, -0.25) is 0 Å². The molecule has 0 atom stereocenters. The van der Waals surface area contributed by atoms with Crippen LogP contribution in [0.2, 0.25) is 0 Å². The molecular weight excluding hydrogens is 176 g/mol. The Kier molecular flexibility index (Phi) is 4.77. The molecule has 0 aromatic heterocycles. The average Bonchev–Trinajstić information content (AvgIpc) is 2.72. The molecule has 0 radical (unpaired) electrons. The van der Waals surface area contributed by atoms with E-state index in [4.69, 9.17) is 0 Å². The molecule has 3 heteroatoms. The van der Waals surface area contributed by atoms with Gasteiger partial charge in [-0.1, -0.05) is 26.7 Å². The summed E-state index contributed by atoms with van der Waals surface area (Å²) < 4.78 is 0. The molecule has 0 bridgehead atoms. The second-order valence-corrected chi connectivity index (χ2v) is 4.06. The van der Waals surface area contributed by atoms with Crippen LogP contribution in [-0.4, -0.2) is 30.6 Å². The van der Waals surface area contributed by atoms with Crippen molar-refractivity contribution in [1.29, 1.82) is 0 Å². The largest absolute Gasteiger partial charge is 0.338 e. The Hall–Kier alpha value is -0.730. The molecule has 0 aromatic carbocycles. The zero-order valence-corrected chi connectivity index (χ0v) is 9.38. The Morgan fingerprint density at radius 1 is 1.29 bits per heavy atom. The lowest BCUT2D eigenvalue weighted by atomic mass is 10.0. The fourth-order valence-corrected chi connectivity index (χ4v) is 1.84. The van der Waals surface area contributed by atoms with Crippen LogP contribution in [0, 0.1) is 5.92 Å². The van der Waals surface area contributed by atoms with Gasteiger partial charge in [-0.25, -0.2) is 4.79 Å². The number of carbonyl (C=O) groups is 1. The van der Waals surface area contributed by atoms with E-state index in [9.17, 15) is 4.79 Å². The van der Waals surface area contributed by atoms with E-state index in [-0.39, 0.29) is 6.03 Å². The maximum Gasteiger partial charge on any atom is 0.317 e. The number of urea groups is 1. The quantitative estimate of drug-likeness (QED) is 0.738. The molecule has 1 aliphatic heterocycles. The molecule has 1 fully saturated rings. The number of likely N-dealkylation sites (tertiary alicyclic amines) is 1. The predicted octanol–water partition coefficient (Wildman–Crippen LogP) is 2.23. The van der Waals surface area contributed by atoms with E-state index >= 15 is 0 Å². The van der Waals surface area contributed by atoms with Crippen LogP contribution in [-0.2, 0) is 0 Å². The summed E-state index contributed by atoms with van der Waals surface area (Å²) in [5.41, 5.74) is 0. The highest BCUT2D eigenvalue weighted by Crippen LogP contribution is 2.08. The van der Waals surface area contributed by atoms with Gasteiger partial charge in [0.1, 0.15) is 0 Å².